The van der Waals surface area contributed by atoms with Gasteiger partial charge in [0.05, 0.1) is 4.47 Å². The summed E-state index contributed by atoms with van der Waals surface area (Å²) in [6, 6.07) is 2.20. The summed E-state index contributed by atoms with van der Waals surface area (Å²) >= 11 is 3.30. The fourth-order valence-corrected chi connectivity index (χ4v) is 2.59. The Bertz CT molecular complexity index is 573. The molecule has 1 aromatic rings. The topological polar surface area (TPSA) is 84.9 Å². The van der Waals surface area contributed by atoms with Gasteiger partial charge in [0.2, 0.25) is 6.79 Å². The van der Waals surface area contributed by atoms with E-state index in [4.69, 9.17) is 14.6 Å². The van der Waals surface area contributed by atoms with Gasteiger partial charge in [0.15, 0.2) is 11.5 Å². The van der Waals surface area contributed by atoms with Gasteiger partial charge in [-0.2, -0.15) is 0 Å². The third-order valence-electron chi connectivity index (χ3n) is 3.00. The van der Waals surface area contributed by atoms with Gasteiger partial charge in [0.1, 0.15) is 6.04 Å². The Labute approximate surface area is 130 Å². The molecule has 2 rings (SSSR count). The Morgan fingerprint density at radius 1 is 1.38 bits per heavy atom. The first-order valence-electron chi connectivity index (χ1n) is 6.51. The lowest BCUT2D eigenvalue weighted by molar-refractivity contribution is -0.139. The molecular weight excluding hydrogens is 342 g/mol. The first-order valence-corrected chi connectivity index (χ1v) is 7.30. The number of hydrogen-bond donors (Lipinski definition) is 2. The van der Waals surface area contributed by atoms with E-state index in [1.165, 1.54) is 6.07 Å². The second-order valence-corrected chi connectivity index (χ2v) is 6.04. The molecule has 1 aliphatic rings. The van der Waals surface area contributed by atoms with Crippen molar-refractivity contribution in [3.8, 4) is 11.5 Å². The van der Waals surface area contributed by atoms with Crippen molar-refractivity contribution in [2.24, 2.45) is 5.92 Å². The maximum atomic E-state index is 12.2. The first kappa shape index (κ1) is 15.6. The number of hydrogen-bond acceptors (Lipinski definition) is 4. The van der Waals surface area contributed by atoms with Crippen LogP contribution in [0.5, 0.6) is 11.5 Å². The Morgan fingerprint density at radius 3 is 2.71 bits per heavy atom. The zero-order valence-corrected chi connectivity index (χ0v) is 13.3. The molecule has 6 nitrogen and oxygen atoms in total. The van der Waals surface area contributed by atoms with Crippen LogP contribution in [-0.4, -0.2) is 29.8 Å². The van der Waals surface area contributed by atoms with Crippen molar-refractivity contribution in [1.82, 2.24) is 5.32 Å². The van der Waals surface area contributed by atoms with Gasteiger partial charge in [-0.1, -0.05) is 13.8 Å². The standard InChI is InChI=1S/C14H16BrNO5/c1-7(2)3-10(14(18)19)16-13(17)8-4-9(15)12-11(5-8)20-6-21-12/h4-5,7,10H,3,6H2,1-2H3,(H,16,17)(H,18,19). The van der Waals surface area contributed by atoms with E-state index in [0.29, 0.717) is 28.0 Å². The highest BCUT2D eigenvalue weighted by Crippen LogP contribution is 2.39. The normalized spacial score (nSPS) is 14.1. The van der Waals surface area contributed by atoms with E-state index in [0.717, 1.165) is 0 Å². The van der Waals surface area contributed by atoms with Crippen molar-refractivity contribution < 1.29 is 24.2 Å². The number of amides is 1. The minimum Gasteiger partial charge on any atom is -0.480 e. The Morgan fingerprint density at radius 2 is 2.10 bits per heavy atom. The number of carbonyl (C=O) groups excluding carboxylic acids is 1. The molecule has 0 saturated carbocycles. The molecule has 2 N–H and O–H groups in total. The second kappa shape index (κ2) is 6.34. The van der Waals surface area contributed by atoms with E-state index in [1.807, 2.05) is 13.8 Å². The molecule has 7 heteroatoms. The predicted molar refractivity (Wildman–Crippen MR) is 78.6 cm³/mol. The van der Waals surface area contributed by atoms with Crippen molar-refractivity contribution in [3.05, 3.63) is 22.2 Å². The summed E-state index contributed by atoms with van der Waals surface area (Å²) in [6.45, 7) is 3.91. The number of aliphatic carboxylic acids is 1. The van der Waals surface area contributed by atoms with Gasteiger partial charge in [-0.3, -0.25) is 4.79 Å². The Balaban J connectivity index is 2.16. The van der Waals surface area contributed by atoms with E-state index < -0.39 is 17.9 Å². The van der Waals surface area contributed by atoms with Crippen molar-refractivity contribution in [2.75, 3.05) is 6.79 Å². The van der Waals surface area contributed by atoms with Crippen molar-refractivity contribution in [1.29, 1.82) is 0 Å². The number of carboxylic acids is 1. The number of ether oxygens (including phenoxy) is 2. The summed E-state index contributed by atoms with van der Waals surface area (Å²) < 4.78 is 11.1. The number of carbonyl (C=O) groups is 2. The molecule has 1 heterocycles. The van der Waals surface area contributed by atoms with Crippen LogP contribution < -0.4 is 14.8 Å². The molecule has 1 aliphatic heterocycles. The molecule has 0 bridgehead atoms. The van der Waals surface area contributed by atoms with Crippen LogP contribution in [0.2, 0.25) is 0 Å². The highest BCUT2D eigenvalue weighted by Gasteiger charge is 2.24. The fourth-order valence-electron chi connectivity index (χ4n) is 2.03. The summed E-state index contributed by atoms with van der Waals surface area (Å²) in [6.07, 6.45) is 0.368. The lowest BCUT2D eigenvalue weighted by Crippen LogP contribution is -2.41. The van der Waals surface area contributed by atoms with E-state index in [1.54, 1.807) is 6.07 Å². The number of rotatable bonds is 5. The second-order valence-electron chi connectivity index (χ2n) is 5.19. The molecular formula is C14H16BrNO5. The van der Waals surface area contributed by atoms with E-state index in [-0.39, 0.29) is 12.7 Å². The van der Waals surface area contributed by atoms with Gasteiger partial charge in [0.25, 0.3) is 5.91 Å². The van der Waals surface area contributed by atoms with E-state index in [9.17, 15) is 9.59 Å². The molecule has 0 aromatic heterocycles. The highest BCUT2D eigenvalue weighted by atomic mass is 79.9. The SMILES string of the molecule is CC(C)CC(NC(=O)c1cc(Br)c2c(c1)OCO2)C(=O)O. The molecule has 21 heavy (non-hydrogen) atoms. The summed E-state index contributed by atoms with van der Waals surface area (Å²) in [5, 5.41) is 11.7. The van der Waals surface area contributed by atoms with Gasteiger partial charge in [0, 0.05) is 5.56 Å². The lowest BCUT2D eigenvalue weighted by atomic mass is 10.0. The molecule has 0 spiro atoms. The van der Waals surface area contributed by atoms with Gasteiger partial charge < -0.3 is 19.9 Å². The molecule has 0 aliphatic carbocycles. The molecule has 1 amide bonds. The van der Waals surface area contributed by atoms with Crippen molar-refractivity contribution >= 4 is 27.8 Å². The highest BCUT2D eigenvalue weighted by molar-refractivity contribution is 9.10. The van der Waals surface area contributed by atoms with Gasteiger partial charge in [-0.25, -0.2) is 4.79 Å². The van der Waals surface area contributed by atoms with Crippen LogP contribution in [0.15, 0.2) is 16.6 Å². The zero-order chi connectivity index (χ0) is 15.6. The number of fused-ring (bicyclic) bond motifs is 1. The molecule has 1 unspecified atom stereocenters. The molecule has 0 radical (unpaired) electrons. The number of halogens is 1. The summed E-state index contributed by atoms with van der Waals surface area (Å²) in [4.78, 5) is 23.4. The third-order valence-corrected chi connectivity index (χ3v) is 3.59. The summed E-state index contributed by atoms with van der Waals surface area (Å²) in [7, 11) is 0. The Kier molecular flexibility index (Phi) is 4.72. The van der Waals surface area contributed by atoms with Crippen molar-refractivity contribution in [3.63, 3.8) is 0 Å². The third kappa shape index (κ3) is 3.66. The molecule has 0 saturated heterocycles. The first-order chi connectivity index (χ1) is 9.88. The average molecular weight is 358 g/mol. The smallest absolute Gasteiger partial charge is 0.326 e. The van der Waals surface area contributed by atoms with E-state index >= 15 is 0 Å². The predicted octanol–water partition coefficient (Wildman–Crippen LogP) is 2.41. The molecule has 114 valence electrons. The van der Waals surface area contributed by atoms with Crippen LogP contribution >= 0.6 is 15.9 Å². The largest absolute Gasteiger partial charge is 0.480 e. The average Bonchev–Trinajstić information content (AvgIpc) is 2.85. The zero-order valence-electron chi connectivity index (χ0n) is 11.7. The molecule has 1 atom stereocenters. The summed E-state index contributed by atoms with van der Waals surface area (Å²) in [5.41, 5.74) is 0.320. The number of carboxylic acid groups (broad SMARTS) is 1. The van der Waals surface area contributed by atoms with Crippen molar-refractivity contribution in [2.45, 2.75) is 26.3 Å². The number of benzene rings is 1. The van der Waals surface area contributed by atoms with Crippen LogP contribution in [0.25, 0.3) is 0 Å². The quantitative estimate of drug-likeness (QED) is 0.845. The molecule has 0 fully saturated rings. The lowest BCUT2D eigenvalue weighted by Gasteiger charge is -2.16. The van der Waals surface area contributed by atoms with Gasteiger partial charge >= 0.3 is 5.97 Å². The Hall–Kier alpha value is -1.76. The molecule has 1 aromatic carbocycles. The maximum Gasteiger partial charge on any atom is 0.326 e. The van der Waals surface area contributed by atoms with Crippen LogP contribution in [0, 0.1) is 5.92 Å². The van der Waals surface area contributed by atoms with Crippen LogP contribution in [-0.2, 0) is 4.79 Å². The maximum absolute atomic E-state index is 12.2. The monoisotopic (exact) mass is 357 g/mol. The fraction of sp³-hybridized carbons (Fsp3) is 0.429. The van der Waals surface area contributed by atoms with Gasteiger partial charge in [-0.15, -0.1) is 0 Å². The van der Waals surface area contributed by atoms with E-state index in [2.05, 4.69) is 21.2 Å². The van der Waals surface area contributed by atoms with Gasteiger partial charge in [-0.05, 0) is 40.4 Å². The van der Waals surface area contributed by atoms with Crippen LogP contribution in [0.4, 0.5) is 0 Å². The minimum absolute atomic E-state index is 0.101. The number of nitrogens with one attached hydrogen (secondary N) is 1. The minimum atomic E-state index is -1.04. The summed E-state index contributed by atoms with van der Waals surface area (Å²) in [5.74, 6) is -0.331. The van der Waals surface area contributed by atoms with Crippen LogP contribution in [0.1, 0.15) is 30.6 Å². The van der Waals surface area contributed by atoms with Crippen LogP contribution in [0.3, 0.4) is 0 Å².